The molecule has 0 amide bonds. The summed E-state index contributed by atoms with van der Waals surface area (Å²) < 4.78 is 23.8. The lowest BCUT2D eigenvalue weighted by molar-refractivity contribution is -0.148. The summed E-state index contributed by atoms with van der Waals surface area (Å²) in [7, 11) is 0. The average molecular weight is 543 g/mol. The number of carbonyl (C=O) groups excluding carboxylic acids is 1. The molecule has 0 unspecified atom stereocenters. The summed E-state index contributed by atoms with van der Waals surface area (Å²) in [6.45, 7) is 13.2. The molecule has 0 radical (unpaired) electrons. The van der Waals surface area contributed by atoms with E-state index in [1.807, 2.05) is 19.1 Å². The summed E-state index contributed by atoms with van der Waals surface area (Å²) in [6, 6.07) is 0. The normalized spacial score (nSPS) is 42.1. The Morgan fingerprint density at radius 3 is 2.74 bits per heavy atom. The first kappa shape index (κ1) is 29.9. The van der Waals surface area contributed by atoms with Crippen molar-refractivity contribution in [2.75, 3.05) is 6.61 Å². The second kappa shape index (κ2) is 12.6. The molecule has 39 heavy (non-hydrogen) atoms. The molecular weight excluding hydrogens is 496 g/mol. The van der Waals surface area contributed by atoms with Crippen LogP contribution in [0.2, 0.25) is 0 Å². The van der Waals surface area contributed by atoms with Gasteiger partial charge in [0, 0.05) is 12.5 Å². The highest BCUT2D eigenvalue weighted by atomic mass is 16.6. The minimum atomic E-state index is -1.04. The van der Waals surface area contributed by atoms with Gasteiger partial charge < -0.3 is 29.2 Å². The molecule has 4 aliphatic rings. The minimum Gasteiger partial charge on any atom is -0.456 e. The van der Waals surface area contributed by atoms with Gasteiger partial charge in [0.05, 0.1) is 36.1 Å². The molecule has 0 saturated carbocycles. The van der Waals surface area contributed by atoms with E-state index in [0.29, 0.717) is 25.4 Å². The van der Waals surface area contributed by atoms with Crippen molar-refractivity contribution < 1.29 is 34.0 Å². The first-order valence-corrected chi connectivity index (χ1v) is 14.3. The fourth-order valence-corrected chi connectivity index (χ4v) is 6.24. The van der Waals surface area contributed by atoms with Gasteiger partial charge in [0.1, 0.15) is 18.3 Å². The Labute approximate surface area is 233 Å². The van der Waals surface area contributed by atoms with Gasteiger partial charge in [-0.25, -0.2) is 4.79 Å². The van der Waals surface area contributed by atoms with E-state index in [2.05, 4.69) is 39.5 Å². The summed E-state index contributed by atoms with van der Waals surface area (Å²) in [5.41, 5.74) is 1.35. The Kier molecular flexibility index (Phi) is 9.71. The summed E-state index contributed by atoms with van der Waals surface area (Å²) in [6.07, 6.45) is 14.0. The van der Waals surface area contributed by atoms with Crippen molar-refractivity contribution in [3.63, 3.8) is 0 Å². The van der Waals surface area contributed by atoms with Crippen LogP contribution < -0.4 is 0 Å². The number of fused-ring (bicyclic) bond motifs is 3. The molecule has 0 aromatic carbocycles. The number of ether oxygens (including phenoxy) is 4. The molecule has 4 rings (SSSR count). The number of hydrogen-bond donors (Lipinski definition) is 2. The third-order valence-electron chi connectivity index (χ3n) is 8.09. The van der Waals surface area contributed by atoms with Crippen molar-refractivity contribution in [2.24, 2.45) is 5.92 Å². The number of hydrogen-bond acceptors (Lipinski definition) is 7. The summed E-state index contributed by atoms with van der Waals surface area (Å²) >= 11 is 0. The Hall–Kier alpha value is -2.03. The number of rotatable bonds is 3. The molecule has 2 N–H and O–H groups in total. The van der Waals surface area contributed by atoms with Crippen LogP contribution in [0.1, 0.15) is 72.6 Å². The maximum absolute atomic E-state index is 12.8. The van der Waals surface area contributed by atoms with Crippen LogP contribution in [0.4, 0.5) is 0 Å². The molecule has 0 aliphatic carbocycles. The number of esters is 1. The average Bonchev–Trinajstić information content (AvgIpc) is 3.60. The SMILES string of the molecule is C=C1C[C@H](C)C[C@]2(C)CC=C[C@@](C)(C/C=C/C(=O)O[C@H]([C@@H](O)/C=C/[C@@H]3CC(C)=CCO3)C[C@@H]3O[C@H]3[C@@H](O)C1)O2. The van der Waals surface area contributed by atoms with Crippen molar-refractivity contribution >= 4 is 5.97 Å². The fourth-order valence-electron chi connectivity index (χ4n) is 6.24. The van der Waals surface area contributed by atoms with Crippen molar-refractivity contribution in [1.29, 1.82) is 0 Å². The van der Waals surface area contributed by atoms with Gasteiger partial charge in [-0.2, -0.15) is 0 Å². The van der Waals surface area contributed by atoms with Gasteiger partial charge in [-0.1, -0.05) is 61.1 Å². The van der Waals surface area contributed by atoms with E-state index in [1.165, 1.54) is 11.6 Å². The van der Waals surface area contributed by atoms with Crippen molar-refractivity contribution in [3.8, 4) is 0 Å². The lowest BCUT2D eigenvalue weighted by Gasteiger charge is -2.43. The van der Waals surface area contributed by atoms with E-state index < -0.39 is 29.9 Å². The Balaban J connectivity index is 1.49. The van der Waals surface area contributed by atoms with Gasteiger partial charge in [0.25, 0.3) is 0 Å². The van der Waals surface area contributed by atoms with Gasteiger partial charge in [-0.3, -0.25) is 0 Å². The van der Waals surface area contributed by atoms with Gasteiger partial charge in [0.2, 0.25) is 0 Å². The van der Waals surface area contributed by atoms with Crippen molar-refractivity contribution in [2.45, 2.75) is 120 Å². The van der Waals surface area contributed by atoms with Gasteiger partial charge in [0.15, 0.2) is 0 Å². The molecule has 2 bridgehead atoms. The summed E-state index contributed by atoms with van der Waals surface area (Å²) in [5, 5.41) is 21.8. The third-order valence-corrected chi connectivity index (χ3v) is 8.09. The van der Waals surface area contributed by atoms with E-state index in [9.17, 15) is 15.0 Å². The molecule has 4 aliphatic heterocycles. The largest absolute Gasteiger partial charge is 0.456 e. The fraction of sp³-hybridized carbons (Fsp3) is 0.656. The Bertz CT molecular complexity index is 1010. The zero-order chi connectivity index (χ0) is 28.2. The number of carbonyl (C=O) groups is 1. The van der Waals surface area contributed by atoms with Crippen LogP contribution in [0.3, 0.4) is 0 Å². The first-order chi connectivity index (χ1) is 18.4. The number of epoxide rings is 1. The predicted octanol–water partition coefficient (Wildman–Crippen LogP) is 4.89. The Morgan fingerprint density at radius 1 is 1.18 bits per heavy atom. The van der Waals surface area contributed by atoms with E-state index in [1.54, 1.807) is 12.2 Å². The van der Waals surface area contributed by atoms with E-state index in [-0.39, 0.29) is 30.3 Å². The zero-order valence-corrected chi connectivity index (χ0v) is 23.9. The predicted molar refractivity (Wildman–Crippen MR) is 150 cm³/mol. The lowest BCUT2D eigenvalue weighted by Crippen LogP contribution is -2.43. The van der Waals surface area contributed by atoms with Crippen LogP contribution in [0.25, 0.3) is 0 Å². The lowest BCUT2D eigenvalue weighted by atomic mass is 9.82. The molecule has 4 heterocycles. The number of aliphatic hydroxyl groups excluding tert-OH is 2. The maximum atomic E-state index is 12.8. The summed E-state index contributed by atoms with van der Waals surface area (Å²) in [4.78, 5) is 12.8. The first-order valence-electron chi connectivity index (χ1n) is 14.3. The standard InChI is InChI=1S/C32H46O7/c1-21-11-15-36-24(17-21)9-10-25(33)27-19-28-30(38-28)26(34)18-22(2)16-23(3)20-32(5)14-7-13-31(4,39-32)12-6-8-29(35)37-27/h6-11,13,23-28,30,33-34H,2,12,14-20H2,1,3-5H3/b8-6+,10-9+/t23-,24+,25-,26-,27-,28-,30-,31+,32-/m0/s1. The van der Waals surface area contributed by atoms with E-state index in [4.69, 9.17) is 18.9 Å². The molecule has 9 atom stereocenters. The van der Waals surface area contributed by atoms with Crippen LogP contribution in [0, 0.1) is 5.92 Å². The highest BCUT2D eigenvalue weighted by Gasteiger charge is 2.47. The second-order valence-corrected chi connectivity index (χ2v) is 12.5. The van der Waals surface area contributed by atoms with Crippen LogP contribution in [-0.4, -0.2) is 70.6 Å². The second-order valence-electron chi connectivity index (χ2n) is 12.5. The third kappa shape index (κ3) is 8.73. The molecule has 0 spiro atoms. The van der Waals surface area contributed by atoms with Crippen LogP contribution in [-0.2, 0) is 23.7 Å². The molecule has 0 aromatic heterocycles. The van der Waals surface area contributed by atoms with E-state index >= 15 is 0 Å². The Morgan fingerprint density at radius 2 is 1.97 bits per heavy atom. The molecule has 1 saturated heterocycles. The molecular formula is C32H46O7. The summed E-state index contributed by atoms with van der Waals surface area (Å²) in [5.74, 6) is -0.198. The molecule has 1 fully saturated rings. The van der Waals surface area contributed by atoms with Crippen LogP contribution >= 0.6 is 0 Å². The monoisotopic (exact) mass is 542 g/mol. The highest BCUT2D eigenvalue weighted by molar-refractivity contribution is 5.82. The topological polar surface area (TPSA) is 97.8 Å². The van der Waals surface area contributed by atoms with E-state index in [0.717, 1.165) is 31.3 Å². The van der Waals surface area contributed by atoms with Crippen LogP contribution in [0.15, 0.2) is 60.3 Å². The smallest absolute Gasteiger partial charge is 0.330 e. The van der Waals surface area contributed by atoms with Crippen molar-refractivity contribution in [1.82, 2.24) is 0 Å². The van der Waals surface area contributed by atoms with Gasteiger partial charge in [-0.15, -0.1) is 0 Å². The van der Waals surface area contributed by atoms with Gasteiger partial charge >= 0.3 is 5.97 Å². The van der Waals surface area contributed by atoms with Crippen LogP contribution in [0.5, 0.6) is 0 Å². The quantitative estimate of drug-likeness (QED) is 0.298. The number of aliphatic hydroxyl groups is 2. The highest BCUT2D eigenvalue weighted by Crippen LogP contribution is 2.39. The molecule has 216 valence electrons. The van der Waals surface area contributed by atoms with Gasteiger partial charge in [-0.05, 0) is 65.2 Å². The minimum absolute atomic E-state index is 0.130. The number of cyclic esters (lactones) is 1. The molecule has 7 nitrogen and oxygen atoms in total. The zero-order valence-electron chi connectivity index (χ0n) is 23.9. The molecule has 7 heteroatoms. The molecule has 0 aromatic rings. The maximum Gasteiger partial charge on any atom is 0.330 e. The van der Waals surface area contributed by atoms with Crippen molar-refractivity contribution in [3.05, 3.63) is 60.3 Å².